The Morgan fingerprint density at radius 3 is 2.95 bits per heavy atom. The molecule has 1 fully saturated rings. The maximum atomic E-state index is 5.80. The monoisotopic (exact) mass is 320 g/mol. The summed E-state index contributed by atoms with van der Waals surface area (Å²) in [6.45, 7) is 3.81. The number of pyridine rings is 1. The molecule has 2 aromatic rings. The molecule has 7 heteroatoms. The summed E-state index contributed by atoms with van der Waals surface area (Å²) < 4.78 is 11.2. The van der Waals surface area contributed by atoms with Crippen LogP contribution in [0.2, 0.25) is 0 Å². The minimum atomic E-state index is 0.591. The van der Waals surface area contributed by atoms with Crippen molar-refractivity contribution in [1.82, 2.24) is 4.98 Å². The van der Waals surface area contributed by atoms with Gasteiger partial charge in [-0.2, -0.15) is 4.98 Å². The number of nitrogens with zero attached hydrogens (tertiary/aromatic N) is 2. The SMILES string of the molecule is NNc1cc(N2CCOCC2)cc(OCCc2cccs2)n1. The van der Waals surface area contributed by atoms with Crippen LogP contribution in [-0.2, 0) is 11.2 Å². The van der Waals surface area contributed by atoms with E-state index in [1.807, 2.05) is 18.2 Å². The lowest BCUT2D eigenvalue weighted by Crippen LogP contribution is -2.36. The highest BCUT2D eigenvalue weighted by Crippen LogP contribution is 2.24. The Morgan fingerprint density at radius 2 is 2.23 bits per heavy atom. The third kappa shape index (κ3) is 3.88. The number of rotatable bonds is 6. The van der Waals surface area contributed by atoms with Crippen LogP contribution in [0, 0.1) is 0 Å². The number of hydrazine groups is 1. The second-order valence-corrected chi connectivity index (χ2v) is 6.00. The third-order valence-corrected chi connectivity index (χ3v) is 4.43. The smallest absolute Gasteiger partial charge is 0.217 e. The van der Waals surface area contributed by atoms with Crippen molar-refractivity contribution in [1.29, 1.82) is 0 Å². The van der Waals surface area contributed by atoms with Gasteiger partial charge in [0.2, 0.25) is 5.88 Å². The van der Waals surface area contributed by atoms with E-state index in [0.29, 0.717) is 18.3 Å². The average molecular weight is 320 g/mol. The third-order valence-electron chi connectivity index (χ3n) is 3.49. The summed E-state index contributed by atoms with van der Waals surface area (Å²) in [4.78, 5) is 7.91. The van der Waals surface area contributed by atoms with Gasteiger partial charge in [0.25, 0.3) is 0 Å². The number of aromatic nitrogens is 1. The molecule has 0 unspecified atom stereocenters. The number of nitrogen functional groups attached to an aromatic ring is 1. The summed E-state index contributed by atoms with van der Waals surface area (Å²) in [6, 6.07) is 8.05. The first-order valence-electron chi connectivity index (χ1n) is 7.32. The van der Waals surface area contributed by atoms with E-state index < -0.39 is 0 Å². The highest BCUT2D eigenvalue weighted by Gasteiger charge is 2.14. The Bertz CT molecular complexity index is 585. The molecular formula is C15H20N4O2S. The Labute approximate surface area is 133 Å². The van der Waals surface area contributed by atoms with Crippen molar-refractivity contribution in [2.45, 2.75) is 6.42 Å². The number of hydrogen-bond donors (Lipinski definition) is 2. The van der Waals surface area contributed by atoms with Crippen LogP contribution in [0.5, 0.6) is 5.88 Å². The molecule has 1 aliphatic heterocycles. The zero-order valence-corrected chi connectivity index (χ0v) is 13.1. The van der Waals surface area contributed by atoms with Gasteiger partial charge in [-0.05, 0) is 11.4 Å². The Hall–Kier alpha value is -1.83. The first-order valence-corrected chi connectivity index (χ1v) is 8.20. The molecule has 0 radical (unpaired) electrons. The van der Waals surface area contributed by atoms with Gasteiger partial charge in [-0.25, -0.2) is 5.84 Å². The van der Waals surface area contributed by atoms with Gasteiger partial charge in [-0.15, -0.1) is 11.3 Å². The van der Waals surface area contributed by atoms with Crippen LogP contribution in [0.25, 0.3) is 0 Å². The van der Waals surface area contributed by atoms with Crippen molar-refractivity contribution < 1.29 is 9.47 Å². The highest BCUT2D eigenvalue weighted by molar-refractivity contribution is 7.09. The number of ether oxygens (including phenoxy) is 2. The second-order valence-electron chi connectivity index (χ2n) is 4.97. The van der Waals surface area contributed by atoms with Gasteiger partial charge < -0.3 is 19.8 Å². The fraction of sp³-hybridized carbons (Fsp3) is 0.400. The van der Waals surface area contributed by atoms with E-state index in [1.165, 1.54) is 4.88 Å². The van der Waals surface area contributed by atoms with Crippen LogP contribution >= 0.6 is 11.3 Å². The minimum absolute atomic E-state index is 0.591. The Balaban J connectivity index is 1.66. The topological polar surface area (TPSA) is 72.6 Å². The van der Waals surface area contributed by atoms with Crippen LogP contribution in [0.15, 0.2) is 29.6 Å². The van der Waals surface area contributed by atoms with E-state index in [-0.39, 0.29) is 0 Å². The molecule has 0 atom stereocenters. The molecule has 3 heterocycles. The molecule has 6 nitrogen and oxygen atoms in total. The molecule has 1 aliphatic rings. The van der Waals surface area contributed by atoms with Crippen molar-refractivity contribution in [2.24, 2.45) is 5.84 Å². The molecule has 0 spiro atoms. The summed E-state index contributed by atoms with van der Waals surface area (Å²) in [5, 5.41) is 2.07. The number of thiophene rings is 1. The number of morpholine rings is 1. The molecule has 118 valence electrons. The molecule has 2 aromatic heterocycles. The largest absolute Gasteiger partial charge is 0.477 e. The summed E-state index contributed by atoms with van der Waals surface area (Å²) in [5.41, 5.74) is 3.66. The molecule has 3 rings (SSSR count). The Kier molecular flexibility index (Phi) is 5.10. The first-order chi connectivity index (χ1) is 10.8. The van der Waals surface area contributed by atoms with Gasteiger partial charge in [0, 0.05) is 42.2 Å². The second kappa shape index (κ2) is 7.44. The molecule has 3 N–H and O–H groups in total. The normalized spacial score (nSPS) is 14.9. The van der Waals surface area contributed by atoms with Gasteiger partial charge in [-0.1, -0.05) is 6.07 Å². The van der Waals surface area contributed by atoms with E-state index in [9.17, 15) is 0 Å². The molecule has 0 amide bonds. The zero-order valence-electron chi connectivity index (χ0n) is 12.3. The van der Waals surface area contributed by atoms with Gasteiger partial charge in [0.15, 0.2) is 0 Å². The maximum absolute atomic E-state index is 5.80. The predicted octanol–water partition coefficient (Wildman–Crippen LogP) is 1.89. The lowest BCUT2D eigenvalue weighted by molar-refractivity contribution is 0.122. The van der Waals surface area contributed by atoms with E-state index in [0.717, 1.165) is 38.4 Å². The molecule has 22 heavy (non-hydrogen) atoms. The van der Waals surface area contributed by atoms with Crippen molar-refractivity contribution >= 4 is 22.8 Å². The average Bonchev–Trinajstić information content (AvgIpc) is 3.09. The van der Waals surface area contributed by atoms with Crippen molar-refractivity contribution in [3.63, 3.8) is 0 Å². The van der Waals surface area contributed by atoms with Crippen molar-refractivity contribution in [3.05, 3.63) is 34.5 Å². The molecule has 0 aromatic carbocycles. The molecule has 0 saturated carbocycles. The summed E-state index contributed by atoms with van der Waals surface area (Å²) in [7, 11) is 0. The molecule has 0 bridgehead atoms. The summed E-state index contributed by atoms with van der Waals surface area (Å²) in [6.07, 6.45) is 0.881. The van der Waals surface area contributed by atoms with Crippen LogP contribution < -0.4 is 20.9 Å². The Morgan fingerprint density at radius 1 is 1.36 bits per heavy atom. The first kappa shape index (κ1) is 15.1. The van der Waals surface area contributed by atoms with Crippen molar-refractivity contribution in [2.75, 3.05) is 43.2 Å². The van der Waals surface area contributed by atoms with Gasteiger partial charge in [-0.3, -0.25) is 0 Å². The number of hydrogen-bond acceptors (Lipinski definition) is 7. The van der Waals surface area contributed by atoms with E-state index >= 15 is 0 Å². The fourth-order valence-corrected chi connectivity index (χ4v) is 3.04. The molecular weight excluding hydrogens is 300 g/mol. The highest BCUT2D eigenvalue weighted by atomic mass is 32.1. The van der Waals surface area contributed by atoms with Crippen LogP contribution in [0.4, 0.5) is 11.5 Å². The van der Waals surface area contributed by atoms with Crippen molar-refractivity contribution in [3.8, 4) is 5.88 Å². The quantitative estimate of drug-likeness (QED) is 0.625. The lowest BCUT2D eigenvalue weighted by Gasteiger charge is -2.29. The van der Waals surface area contributed by atoms with Gasteiger partial charge in [0.1, 0.15) is 5.82 Å². The zero-order chi connectivity index (χ0) is 15.2. The van der Waals surface area contributed by atoms with E-state index in [1.54, 1.807) is 11.3 Å². The maximum Gasteiger partial charge on any atom is 0.217 e. The van der Waals surface area contributed by atoms with Crippen LogP contribution in [0.3, 0.4) is 0 Å². The van der Waals surface area contributed by atoms with Gasteiger partial charge >= 0.3 is 0 Å². The molecule has 1 saturated heterocycles. The van der Waals surface area contributed by atoms with Crippen LogP contribution in [0.1, 0.15) is 4.88 Å². The van der Waals surface area contributed by atoms with E-state index in [4.69, 9.17) is 15.3 Å². The number of anilines is 2. The fourth-order valence-electron chi connectivity index (χ4n) is 2.35. The summed E-state index contributed by atoms with van der Waals surface area (Å²) >= 11 is 1.74. The number of nitrogens with one attached hydrogen (secondary N) is 1. The van der Waals surface area contributed by atoms with Gasteiger partial charge in [0.05, 0.1) is 19.8 Å². The summed E-state index contributed by atoms with van der Waals surface area (Å²) in [5.74, 6) is 6.71. The van der Waals surface area contributed by atoms with E-state index in [2.05, 4.69) is 26.8 Å². The lowest BCUT2D eigenvalue weighted by atomic mass is 10.3. The standard InChI is InChI=1S/C15H20N4O2S/c16-18-14-10-12(19-4-7-20-8-5-19)11-15(17-14)21-6-3-13-2-1-9-22-13/h1-2,9-11H,3-8,16H2,(H,17,18). The van der Waals surface area contributed by atoms with Crippen LogP contribution in [-0.4, -0.2) is 37.9 Å². The number of nitrogens with two attached hydrogens (primary N) is 1. The minimum Gasteiger partial charge on any atom is -0.477 e. The molecule has 0 aliphatic carbocycles. The predicted molar refractivity (Wildman–Crippen MR) is 88.6 cm³/mol.